The van der Waals surface area contributed by atoms with Crippen LogP contribution >= 0.6 is 0 Å². The highest BCUT2D eigenvalue weighted by Crippen LogP contribution is 2.31. The van der Waals surface area contributed by atoms with E-state index < -0.39 is 0 Å². The molecule has 0 saturated carbocycles. The van der Waals surface area contributed by atoms with Crippen LogP contribution in [0.3, 0.4) is 0 Å². The molecule has 0 radical (unpaired) electrons. The van der Waals surface area contributed by atoms with Crippen LogP contribution in [0.5, 0.6) is 5.75 Å². The average molecular weight is 478 g/mol. The number of benzene rings is 4. The number of carbonyl (C=O) groups excluding carboxylic acids is 1. The first kappa shape index (κ1) is 24.1. The van der Waals surface area contributed by atoms with Crippen molar-refractivity contribution in [2.75, 3.05) is 6.61 Å². The third kappa shape index (κ3) is 4.75. The molecule has 0 saturated heterocycles. The van der Waals surface area contributed by atoms with Gasteiger partial charge in [-0.1, -0.05) is 87.5 Å². The van der Waals surface area contributed by atoms with Gasteiger partial charge in [0.25, 0.3) is 5.91 Å². The summed E-state index contributed by atoms with van der Waals surface area (Å²) in [5, 5.41) is 2.08. The minimum atomic E-state index is -0.0429. The summed E-state index contributed by atoms with van der Waals surface area (Å²) in [4.78, 5) is 16.0. The zero-order valence-electron chi connectivity index (χ0n) is 21.7. The van der Waals surface area contributed by atoms with E-state index >= 15 is 0 Å². The molecule has 0 aliphatic carbocycles. The number of amides is 1. The van der Waals surface area contributed by atoms with E-state index in [4.69, 9.17) is 4.74 Å². The third-order valence-corrected chi connectivity index (χ3v) is 7.82. The minimum absolute atomic E-state index is 0.0429. The monoisotopic (exact) mass is 477 g/mol. The van der Waals surface area contributed by atoms with Gasteiger partial charge in [-0.3, -0.25) is 4.79 Å². The van der Waals surface area contributed by atoms with Crippen molar-refractivity contribution in [3.8, 4) is 5.75 Å². The Morgan fingerprint density at radius 1 is 0.917 bits per heavy atom. The van der Waals surface area contributed by atoms with Crippen molar-refractivity contribution < 1.29 is 9.53 Å². The second-order valence-electron chi connectivity index (χ2n) is 10.4. The zero-order valence-corrected chi connectivity index (χ0v) is 21.7. The van der Waals surface area contributed by atoms with E-state index in [0.29, 0.717) is 25.0 Å². The Balaban J connectivity index is 1.44. The summed E-state index contributed by atoms with van der Waals surface area (Å²) < 4.78 is 6.40. The SMILES string of the molecule is Cc1ccc(OC[C@@H]2Cc3ccccc3CN2C(=O)c2cccc3ccccc23)cc1C(C)C(C)C. The molecule has 1 amide bonds. The summed E-state index contributed by atoms with van der Waals surface area (Å²) in [5.41, 5.74) is 5.89. The fourth-order valence-electron chi connectivity index (χ4n) is 5.29. The minimum Gasteiger partial charge on any atom is -0.491 e. The smallest absolute Gasteiger partial charge is 0.255 e. The Hall–Kier alpha value is -3.59. The number of nitrogens with zero attached hydrogens (tertiary/aromatic N) is 1. The van der Waals surface area contributed by atoms with Crippen LogP contribution in [0.2, 0.25) is 0 Å². The number of hydrogen-bond acceptors (Lipinski definition) is 2. The molecule has 184 valence electrons. The maximum Gasteiger partial charge on any atom is 0.255 e. The molecule has 0 bridgehead atoms. The molecule has 2 atom stereocenters. The molecular formula is C33H35NO2. The van der Waals surface area contributed by atoms with E-state index in [1.54, 1.807) is 0 Å². The van der Waals surface area contributed by atoms with E-state index in [9.17, 15) is 4.79 Å². The molecule has 0 spiro atoms. The van der Waals surface area contributed by atoms with Gasteiger partial charge in [-0.05, 0) is 76.4 Å². The molecule has 1 unspecified atom stereocenters. The normalized spacial score (nSPS) is 16.1. The molecule has 4 aromatic rings. The van der Waals surface area contributed by atoms with Crippen molar-refractivity contribution in [3.63, 3.8) is 0 Å². The van der Waals surface area contributed by atoms with Gasteiger partial charge < -0.3 is 9.64 Å². The predicted molar refractivity (Wildman–Crippen MR) is 148 cm³/mol. The van der Waals surface area contributed by atoms with Crippen molar-refractivity contribution >= 4 is 16.7 Å². The van der Waals surface area contributed by atoms with Gasteiger partial charge in [0.15, 0.2) is 0 Å². The van der Waals surface area contributed by atoms with Crippen molar-refractivity contribution in [2.45, 2.75) is 52.6 Å². The summed E-state index contributed by atoms with van der Waals surface area (Å²) in [7, 11) is 0. The number of ether oxygens (including phenoxy) is 1. The largest absolute Gasteiger partial charge is 0.491 e. The van der Waals surface area contributed by atoms with Crippen molar-refractivity contribution in [1.29, 1.82) is 0 Å². The average Bonchev–Trinajstić information content (AvgIpc) is 2.91. The Bertz CT molecular complexity index is 1380. The van der Waals surface area contributed by atoms with E-state index in [0.717, 1.165) is 28.5 Å². The van der Waals surface area contributed by atoms with Crippen LogP contribution in [0.1, 0.15) is 59.3 Å². The van der Waals surface area contributed by atoms with E-state index in [-0.39, 0.29) is 11.9 Å². The fraction of sp³-hybridized carbons (Fsp3) is 0.303. The molecule has 4 aromatic carbocycles. The number of fused-ring (bicyclic) bond motifs is 2. The van der Waals surface area contributed by atoms with Crippen molar-refractivity contribution in [2.24, 2.45) is 5.92 Å². The van der Waals surface area contributed by atoms with Crippen LogP contribution in [-0.4, -0.2) is 23.5 Å². The molecule has 5 rings (SSSR count). The van der Waals surface area contributed by atoms with Gasteiger partial charge >= 0.3 is 0 Å². The van der Waals surface area contributed by atoms with Gasteiger partial charge in [-0.2, -0.15) is 0 Å². The van der Waals surface area contributed by atoms with Gasteiger partial charge in [0, 0.05) is 12.1 Å². The maximum absolute atomic E-state index is 14.0. The highest BCUT2D eigenvalue weighted by Gasteiger charge is 2.31. The summed E-state index contributed by atoms with van der Waals surface area (Å²) >= 11 is 0. The second-order valence-corrected chi connectivity index (χ2v) is 10.4. The Kier molecular flexibility index (Phi) is 6.82. The first-order valence-corrected chi connectivity index (χ1v) is 13.0. The standard InChI is InChI=1S/C33H35NO2/c1-22(2)24(4)32-19-29(17-16-23(32)3)36-21-28-18-26-11-5-6-12-27(26)20-34(28)33(35)31-15-9-13-25-10-7-8-14-30(25)31/h5-17,19,22,24,28H,18,20-21H2,1-4H3/t24?,28-/m0/s1. The molecule has 3 heteroatoms. The topological polar surface area (TPSA) is 29.5 Å². The van der Waals surface area contributed by atoms with Gasteiger partial charge in [-0.25, -0.2) is 0 Å². The van der Waals surface area contributed by atoms with Crippen LogP contribution in [0.4, 0.5) is 0 Å². The second kappa shape index (κ2) is 10.2. The molecule has 1 aliphatic rings. The molecule has 0 aromatic heterocycles. The van der Waals surface area contributed by atoms with Gasteiger partial charge in [0.1, 0.15) is 12.4 Å². The summed E-state index contributed by atoms with van der Waals surface area (Å²) in [6.07, 6.45) is 0.786. The molecular weight excluding hydrogens is 442 g/mol. The number of carbonyl (C=O) groups is 1. The first-order chi connectivity index (χ1) is 17.4. The van der Waals surface area contributed by atoms with E-state index in [2.05, 4.69) is 82.3 Å². The summed E-state index contributed by atoms with van der Waals surface area (Å²) in [5.74, 6) is 1.95. The Morgan fingerprint density at radius 2 is 1.64 bits per heavy atom. The van der Waals surface area contributed by atoms with Crippen LogP contribution in [-0.2, 0) is 13.0 Å². The zero-order chi connectivity index (χ0) is 25.2. The predicted octanol–water partition coefficient (Wildman–Crippen LogP) is 7.55. The van der Waals surface area contributed by atoms with Crippen LogP contribution in [0.25, 0.3) is 10.8 Å². The molecule has 3 nitrogen and oxygen atoms in total. The van der Waals surface area contributed by atoms with Crippen LogP contribution < -0.4 is 4.74 Å². The molecule has 1 heterocycles. The summed E-state index contributed by atoms with van der Waals surface area (Å²) in [6, 6.07) is 28.9. The highest BCUT2D eigenvalue weighted by molar-refractivity contribution is 6.07. The lowest BCUT2D eigenvalue weighted by atomic mass is 9.87. The molecule has 0 fully saturated rings. The van der Waals surface area contributed by atoms with Gasteiger partial charge in [0.05, 0.1) is 6.04 Å². The number of aryl methyl sites for hydroxylation is 1. The molecule has 1 aliphatic heterocycles. The first-order valence-electron chi connectivity index (χ1n) is 13.0. The van der Waals surface area contributed by atoms with E-state index in [1.165, 1.54) is 22.3 Å². The fourth-order valence-corrected chi connectivity index (χ4v) is 5.29. The van der Waals surface area contributed by atoms with Crippen molar-refractivity contribution in [3.05, 3.63) is 113 Å². The van der Waals surface area contributed by atoms with Gasteiger partial charge in [0.2, 0.25) is 0 Å². The molecule has 0 N–H and O–H groups in total. The van der Waals surface area contributed by atoms with Crippen LogP contribution in [0.15, 0.2) is 84.9 Å². The third-order valence-electron chi connectivity index (χ3n) is 7.82. The molecule has 36 heavy (non-hydrogen) atoms. The van der Waals surface area contributed by atoms with Crippen molar-refractivity contribution in [1.82, 2.24) is 4.90 Å². The van der Waals surface area contributed by atoms with Crippen LogP contribution in [0, 0.1) is 12.8 Å². The maximum atomic E-state index is 14.0. The summed E-state index contributed by atoms with van der Waals surface area (Å²) in [6.45, 7) is 10.0. The number of rotatable bonds is 6. The Morgan fingerprint density at radius 3 is 2.44 bits per heavy atom. The lowest BCUT2D eigenvalue weighted by Gasteiger charge is -2.37. The van der Waals surface area contributed by atoms with E-state index in [1.807, 2.05) is 35.2 Å². The lowest BCUT2D eigenvalue weighted by molar-refractivity contribution is 0.0568. The van der Waals surface area contributed by atoms with Gasteiger partial charge in [-0.15, -0.1) is 0 Å². The number of hydrogen-bond donors (Lipinski definition) is 0. The Labute approximate surface area is 214 Å². The highest BCUT2D eigenvalue weighted by atomic mass is 16.5. The quantitative estimate of drug-likeness (QED) is 0.287. The lowest BCUT2D eigenvalue weighted by Crippen LogP contribution is -2.47.